The van der Waals surface area contributed by atoms with Crippen molar-refractivity contribution in [2.24, 2.45) is 5.41 Å². The second kappa shape index (κ2) is 6.37. The Bertz CT molecular complexity index is 552. The summed E-state index contributed by atoms with van der Waals surface area (Å²) in [6.07, 6.45) is 7.95. The van der Waals surface area contributed by atoms with Crippen LogP contribution >= 0.6 is 0 Å². The molecule has 1 heterocycles. The Labute approximate surface area is 131 Å². The van der Waals surface area contributed by atoms with E-state index in [4.69, 9.17) is 0 Å². The van der Waals surface area contributed by atoms with E-state index in [1.807, 2.05) is 0 Å². The Hall–Kier alpha value is -1.42. The molecule has 1 aromatic carbocycles. The highest BCUT2D eigenvalue weighted by Gasteiger charge is 2.38. The molecule has 1 aliphatic carbocycles. The Kier molecular flexibility index (Phi) is 4.48. The Morgan fingerprint density at radius 3 is 2.73 bits per heavy atom. The molecule has 0 unspecified atom stereocenters. The Morgan fingerprint density at radius 1 is 1.27 bits per heavy atom. The third-order valence-electron chi connectivity index (χ3n) is 5.30. The number of hydrogen-bond acceptors (Lipinski definition) is 3. The molecule has 120 valence electrons. The van der Waals surface area contributed by atoms with Gasteiger partial charge in [-0.1, -0.05) is 25.3 Å². The summed E-state index contributed by atoms with van der Waals surface area (Å²) >= 11 is 0. The highest BCUT2D eigenvalue weighted by molar-refractivity contribution is 5.89. The number of nitrogens with zero attached hydrogens (tertiary/aromatic N) is 1. The van der Waals surface area contributed by atoms with Crippen LogP contribution in [0.5, 0.6) is 0 Å². The molecular formula is C18H24FNO2. The lowest BCUT2D eigenvalue weighted by Crippen LogP contribution is -2.29. The van der Waals surface area contributed by atoms with Gasteiger partial charge in [-0.15, -0.1) is 0 Å². The van der Waals surface area contributed by atoms with E-state index in [0.717, 1.165) is 13.1 Å². The molecule has 1 saturated heterocycles. The van der Waals surface area contributed by atoms with Crippen LogP contribution < -0.4 is 0 Å². The standard InChI is InChI=1S/C18H24FNO2/c1-22-17(21)14-5-6-15(16(19)11-14)12-20-10-9-18(13-20)7-3-2-4-8-18/h5-6,11H,2-4,7-10,12-13H2,1H3. The molecular weight excluding hydrogens is 281 g/mol. The van der Waals surface area contributed by atoms with Gasteiger partial charge in [0.2, 0.25) is 0 Å². The van der Waals surface area contributed by atoms with Gasteiger partial charge in [-0.3, -0.25) is 4.90 Å². The normalized spacial score (nSPS) is 21.2. The summed E-state index contributed by atoms with van der Waals surface area (Å²) in [4.78, 5) is 13.8. The van der Waals surface area contributed by atoms with Crippen LogP contribution in [0.15, 0.2) is 18.2 Å². The third kappa shape index (κ3) is 3.17. The number of halogens is 1. The van der Waals surface area contributed by atoms with Crippen LogP contribution in [0.1, 0.15) is 54.4 Å². The van der Waals surface area contributed by atoms with E-state index < -0.39 is 5.97 Å². The quantitative estimate of drug-likeness (QED) is 0.796. The fourth-order valence-electron chi connectivity index (χ4n) is 4.03. The van der Waals surface area contributed by atoms with E-state index in [1.54, 1.807) is 12.1 Å². The van der Waals surface area contributed by atoms with E-state index in [1.165, 1.54) is 51.7 Å². The van der Waals surface area contributed by atoms with E-state index in [-0.39, 0.29) is 11.4 Å². The van der Waals surface area contributed by atoms with Crippen molar-refractivity contribution in [1.29, 1.82) is 0 Å². The summed E-state index contributed by atoms with van der Waals surface area (Å²) in [5, 5.41) is 0. The van der Waals surface area contributed by atoms with Crippen molar-refractivity contribution in [1.82, 2.24) is 4.90 Å². The molecule has 0 N–H and O–H groups in total. The maximum atomic E-state index is 14.2. The lowest BCUT2D eigenvalue weighted by molar-refractivity contribution is 0.0600. The minimum Gasteiger partial charge on any atom is -0.465 e. The number of likely N-dealkylation sites (tertiary alicyclic amines) is 1. The van der Waals surface area contributed by atoms with Gasteiger partial charge in [-0.2, -0.15) is 0 Å². The van der Waals surface area contributed by atoms with Gasteiger partial charge in [0.05, 0.1) is 12.7 Å². The average Bonchev–Trinajstić information content (AvgIpc) is 2.91. The number of hydrogen-bond donors (Lipinski definition) is 0. The summed E-state index contributed by atoms with van der Waals surface area (Å²) in [7, 11) is 1.31. The summed E-state index contributed by atoms with van der Waals surface area (Å²) < 4.78 is 18.8. The number of carbonyl (C=O) groups excluding carboxylic acids is 1. The first-order chi connectivity index (χ1) is 10.6. The third-order valence-corrected chi connectivity index (χ3v) is 5.30. The molecule has 0 aromatic heterocycles. The summed E-state index contributed by atoms with van der Waals surface area (Å²) in [6, 6.07) is 4.65. The van der Waals surface area contributed by atoms with Gasteiger partial charge < -0.3 is 4.74 Å². The molecule has 1 aliphatic heterocycles. The SMILES string of the molecule is COC(=O)c1ccc(CN2CCC3(CCCCC3)C2)c(F)c1. The van der Waals surface area contributed by atoms with Crippen molar-refractivity contribution >= 4 is 5.97 Å². The van der Waals surface area contributed by atoms with Crippen molar-refractivity contribution in [3.05, 3.63) is 35.1 Å². The highest BCUT2D eigenvalue weighted by Crippen LogP contribution is 2.44. The van der Waals surface area contributed by atoms with Crippen LogP contribution in [0, 0.1) is 11.2 Å². The minimum absolute atomic E-state index is 0.272. The topological polar surface area (TPSA) is 29.5 Å². The van der Waals surface area contributed by atoms with E-state index in [2.05, 4.69) is 9.64 Å². The van der Waals surface area contributed by atoms with Crippen molar-refractivity contribution in [3.8, 4) is 0 Å². The molecule has 2 aliphatic rings. The van der Waals surface area contributed by atoms with Crippen molar-refractivity contribution < 1.29 is 13.9 Å². The molecule has 0 amide bonds. The zero-order chi connectivity index (χ0) is 15.6. The predicted molar refractivity (Wildman–Crippen MR) is 83.2 cm³/mol. The molecule has 0 radical (unpaired) electrons. The fourth-order valence-corrected chi connectivity index (χ4v) is 4.03. The predicted octanol–water partition coefficient (Wildman–Crippen LogP) is 3.77. The summed E-state index contributed by atoms with van der Waals surface area (Å²) in [6.45, 7) is 2.78. The van der Waals surface area contributed by atoms with Crippen LogP contribution in [0.2, 0.25) is 0 Å². The largest absolute Gasteiger partial charge is 0.465 e. The van der Waals surface area contributed by atoms with Crippen LogP contribution in [0.4, 0.5) is 4.39 Å². The first-order valence-corrected chi connectivity index (χ1v) is 8.21. The Morgan fingerprint density at radius 2 is 2.05 bits per heavy atom. The van der Waals surface area contributed by atoms with Gasteiger partial charge in [0.1, 0.15) is 5.82 Å². The molecule has 1 aromatic rings. The molecule has 3 nitrogen and oxygen atoms in total. The molecule has 1 spiro atoms. The number of rotatable bonds is 3. The van der Waals surface area contributed by atoms with Gasteiger partial charge in [0.25, 0.3) is 0 Å². The summed E-state index contributed by atoms with van der Waals surface area (Å²) in [5.74, 6) is -0.805. The molecule has 3 rings (SSSR count). The number of benzene rings is 1. The second-order valence-corrected chi connectivity index (χ2v) is 6.82. The second-order valence-electron chi connectivity index (χ2n) is 6.82. The van der Waals surface area contributed by atoms with E-state index in [9.17, 15) is 9.18 Å². The molecule has 22 heavy (non-hydrogen) atoms. The van der Waals surface area contributed by atoms with Crippen molar-refractivity contribution in [2.75, 3.05) is 20.2 Å². The zero-order valence-electron chi connectivity index (χ0n) is 13.2. The number of esters is 1. The van der Waals surface area contributed by atoms with Gasteiger partial charge in [-0.05, 0) is 43.4 Å². The van der Waals surface area contributed by atoms with E-state index in [0.29, 0.717) is 17.5 Å². The van der Waals surface area contributed by atoms with Crippen LogP contribution in [-0.2, 0) is 11.3 Å². The maximum Gasteiger partial charge on any atom is 0.337 e. The monoisotopic (exact) mass is 305 g/mol. The van der Waals surface area contributed by atoms with E-state index >= 15 is 0 Å². The first-order valence-electron chi connectivity index (χ1n) is 8.21. The molecule has 2 fully saturated rings. The molecule has 0 bridgehead atoms. The molecule has 0 atom stereocenters. The van der Waals surface area contributed by atoms with Gasteiger partial charge in [-0.25, -0.2) is 9.18 Å². The average molecular weight is 305 g/mol. The summed E-state index contributed by atoms with van der Waals surface area (Å²) in [5.41, 5.74) is 1.43. The van der Waals surface area contributed by atoms with Crippen molar-refractivity contribution in [2.45, 2.75) is 45.1 Å². The Balaban J connectivity index is 1.65. The van der Waals surface area contributed by atoms with Crippen molar-refractivity contribution in [3.63, 3.8) is 0 Å². The highest BCUT2D eigenvalue weighted by atomic mass is 19.1. The van der Waals surface area contributed by atoms with Crippen LogP contribution in [0.25, 0.3) is 0 Å². The first kappa shape index (κ1) is 15.5. The fraction of sp³-hybridized carbons (Fsp3) is 0.611. The lowest BCUT2D eigenvalue weighted by Gasteiger charge is -2.33. The number of carbonyl (C=O) groups is 1. The van der Waals surface area contributed by atoms with Gasteiger partial charge in [0.15, 0.2) is 0 Å². The van der Waals surface area contributed by atoms with Crippen LogP contribution in [0.3, 0.4) is 0 Å². The van der Waals surface area contributed by atoms with Gasteiger partial charge in [0, 0.05) is 18.7 Å². The van der Waals surface area contributed by atoms with Crippen LogP contribution in [-0.4, -0.2) is 31.1 Å². The number of methoxy groups -OCH3 is 1. The molecule has 4 heteroatoms. The molecule has 1 saturated carbocycles. The minimum atomic E-state index is -0.493. The number of ether oxygens (including phenoxy) is 1. The zero-order valence-corrected chi connectivity index (χ0v) is 13.2. The smallest absolute Gasteiger partial charge is 0.337 e. The van der Waals surface area contributed by atoms with Gasteiger partial charge >= 0.3 is 5.97 Å². The lowest BCUT2D eigenvalue weighted by atomic mass is 9.73. The maximum absolute atomic E-state index is 14.2.